The largest absolute Gasteiger partial charge is 0.393 e. The molecule has 0 saturated carbocycles. The Morgan fingerprint density at radius 1 is 1.26 bits per heavy atom. The molecule has 0 aromatic heterocycles. The van der Waals surface area contributed by atoms with E-state index in [4.69, 9.17) is 0 Å². The monoisotopic (exact) mass is 263 g/mol. The molecule has 2 heterocycles. The van der Waals surface area contributed by atoms with Gasteiger partial charge in [-0.05, 0) is 25.0 Å². The number of nitrogens with zero attached hydrogens (tertiary/aromatic N) is 1. The van der Waals surface area contributed by atoms with E-state index in [0.717, 1.165) is 12.8 Å². The molecule has 102 valence electrons. The number of carbonyl (C=O) groups is 1. The van der Waals surface area contributed by atoms with Gasteiger partial charge in [-0.15, -0.1) is 0 Å². The van der Waals surface area contributed by atoms with Crippen LogP contribution in [0.3, 0.4) is 0 Å². The van der Waals surface area contributed by atoms with Gasteiger partial charge in [0.2, 0.25) is 0 Å². The van der Waals surface area contributed by atoms with Crippen molar-refractivity contribution >= 4 is 5.91 Å². The quantitative estimate of drug-likeness (QED) is 0.888. The Labute approximate surface area is 112 Å². The summed E-state index contributed by atoms with van der Waals surface area (Å²) in [5.41, 5.74) is -0.839. The lowest BCUT2D eigenvalue weighted by molar-refractivity contribution is -0.0177. The lowest BCUT2D eigenvalue weighted by Crippen LogP contribution is -2.52. The summed E-state index contributed by atoms with van der Waals surface area (Å²) in [4.78, 5) is 14.3. The Hall–Kier alpha value is -1.42. The molecule has 1 unspecified atom stereocenters. The van der Waals surface area contributed by atoms with Crippen molar-refractivity contribution in [2.45, 2.75) is 43.4 Å². The fourth-order valence-corrected chi connectivity index (χ4v) is 3.48. The van der Waals surface area contributed by atoms with Crippen molar-refractivity contribution < 1.29 is 14.3 Å². The van der Waals surface area contributed by atoms with Gasteiger partial charge in [-0.3, -0.25) is 4.79 Å². The standard InChI is InChI=1S/C15H18FNO2/c16-15(10-18)8-12-6-7-13(9-15)17(12)14(19)11-4-2-1-3-5-11/h1-5,12-13,18H,6-10H2/t12-,13+,15?. The van der Waals surface area contributed by atoms with Gasteiger partial charge in [0.25, 0.3) is 5.91 Å². The molecule has 2 aliphatic heterocycles. The third kappa shape index (κ3) is 2.14. The molecular formula is C15H18FNO2. The van der Waals surface area contributed by atoms with E-state index in [0.29, 0.717) is 5.56 Å². The van der Waals surface area contributed by atoms with Gasteiger partial charge in [0.1, 0.15) is 5.67 Å². The molecule has 2 bridgehead atoms. The number of aliphatic hydroxyl groups excluding tert-OH is 1. The van der Waals surface area contributed by atoms with Crippen molar-refractivity contribution in [1.82, 2.24) is 4.90 Å². The van der Waals surface area contributed by atoms with Crippen LogP contribution < -0.4 is 0 Å². The Balaban J connectivity index is 1.83. The average molecular weight is 263 g/mol. The maximum Gasteiger partial charge on any atom is 0.254 e. The molecule has 1 amide bonds. The van der Waals surface area contributed by atoms with Gasteiger partial charge in [0.05, 0.1) is 6.61 Å². The minimum absolute atomic E-state index is 0.00640. The predicted molar refractivity (Wildman–Crippen MR) is 69.6 cm³/mol. The molecule has 2 aliphatic rings. The minimum atomic E-state index is -1.50. The number of hydrogen-bond donors (Lipinski definition) is 1. The summed E-state index contributed by atoms with van der Waals surface area (Å²) < 4.78 is 14.3. The van der Waals surface area contributed by atoms with E-state index in [1.54, 1.807) is 12.1 Å². The normalized spacial score (nSPS) is 33.5. The molecule has 1 N–H and O–H groups in total. The fraction of sp³-hybridized carbons (Fsp3) is 0.533. The van der Waals surface area contributed by atoms with Crippen LogP contribution in [-0.4, -0.2) is 40.3 Å². The van der Waals surface area contributed by atoms with Gasteiger partial charge < -0.3 is 10.0 Å². The second kappa shape index (κ2) is 4.60. The number of benzene rings is 1. The predicted octanol–water partition coefficient (Wildman–Crippen LogP) is 2.15. The smallest absolute Gasteiger partial charge is 0.254 e. The van der Waals surface area contributed by atoms with Crippen LogP contribution in [0.25, 0.3) is 0 Å². The first-order chi connectivity index (χ1) is 9.13. The van der Waals surface area contributed by atoms with Gasteiger partial charge in [-0.1, -0.05) is 18.2 Å². The van der Waals surface area contributed by atoms with E-state index in [2.05, 4.69) is 0 Å². The molecule has 3 nitrogen and oxygen atoms in total. The van der Waals surface area contributed by atoms with Crippen LogP contribution in [-0.2, 0) is 0 Å². The van der Waals surface area contributed by atoms with Gasteiger partial charge in [0.15, 0.2) is 0 Å². The fourth-order valence-electron chi connectivity index (χ4n) is 3.48. The van der Waals surface area contributed by atoms with Gasteiger partial charge in [-0.2, -0.15) is 0 Å². The molecule has 4 heteroatoms. The zero-order valence-corrected chi connectivity index (χ0v) is 10.8. The number of hydrogen-bond acceptors (Lipinski definition) is 2. The third-order valence-electron chi connectivity index (χ3n) is 4.36. The van der Waals surface area contributed by atoms with E-state index < -0.39 is 12.3 Å². The van der Waals surface area contributed by atoms with Crippen LogP contribution in [0.2, 0.25) is 0 Å². The molecule has 2 fully saturated rings. The number of fused-ring (bicyclic) bond motifs is 2. The molecule has 0 aliphatic carbocycles. The summed E-state index contributed by atoms with van der Waals surface area (Å²) in [6.45, 7) is -0.437. The minimum Gasteiger partial charge on any atom is -0.393 e. The Morgan fingerprint density at radius 3 is 2.37 bits per heavy atom. The van der Waals surface area contributed by atoms with E-state index in [1.165, 1.54) is 0 Å². The highest BCUT2D eigenvalue weighted by atomic mass is 19.1. The van der Waals surface area contributed by atoms with Crippen molar-refractivity contribution in [3.05, 3.63) is 35.9 Å². The van der Waals surface area contributed by atoms with Crippen LogP contribution in [0.5, 0.6) is 0 Å². The Kier molecular flexibility index (Phi) is 3.05. The lowest BCUT2D eigenvalue weighted by atomic mass is 9.88. The molecule has 2 saturated heterocycles. The van der Waals surface area contributed by atoms with E-state index in [-0.39, 0.29) is 30.8 Å². The van der Waals surface area contributed by atoms with Gasteiger partial charge in [0, 0.05) is 30.5 Å². The molecule has 1 aromatic rings. The first-order valence-electron chi connectivity index (χ1n) is 6.80. The number of amides is 1. The number of alkyl halides is 1. The lowest BCUT2D eigenvalue weighted by Gasteiger charge is -2.41. The summed E-state index contributed by atoms with van der Waals surface area (Å²) in [6, 6.07) is 9.02. The number of piperidine rings is 1. The van der Waals surface area contributed by atoms with E-state index in [9.17, 15) is 14.3 Å². The molecule has 3 rings (SSSR count). The molecule has 0 radical (unpaired) electrons. The summed E-state index contributed by atoms with van der Waals surface area (Å²) >= 11 is 0. The SMILES string of the molecule is O=C(c1ccccc1)N1[C@@H]2CC[C@H]1CC(F)(CO)C2. The van der Waals surface area contributed by atoms with Crippen molar-refractivity contribution in [3.8, 4) is 0 Å². The van der Waals surface area contributed by atoms with Crippen LogP contribution in [0, 0.1) is 0 Å². The first-order valence-corrected chi connectivity index (χ1v) is 6.80. The molecule has 3 atom stereocenters. The van der Waals surface area contributed by atoms with Crippen molar-refractivity contribution in [2.75, 3.05) is 6.61 Å². The summed E-state index contributed by atoms with van der Waals surface area (Å²) in [6.07, 6.45) is 2.21. The third-order valence-corrected chi connectivity index (χ3v) is 4.36. The maximum absolute atomic E-state index is 14.3. The first kappa shape index (κ1) is 12.6. The molecule has 19 heavy (non-hydrogen) atoms. The number of aliphatic hydroxyl groups is 1. The summed E-state index contributed by atoms with van der Waals surface area (Å²) in [7, 11) is 0. The zero-order chi connectivity index (χ0) is 13.5. The highest BCUT2D eigenvalue weighted by Gasteiger charge is 2.50. The Morgan fingerprint density at radius 2 is 1.84 bits per heavy atom. The summed E-state index contributed by atoms with van der Waals surface area (Å²) in [5, 5.41) is 9.18. The number of carbonyl (C=O) groups excluding carboxylic acids is 1. The van der Waals surface area contributed by atoms with Gasteiger partial charge in [-0.25, -0.2) is 4.39 Å². The molecule has 1 aromatic carbocycles. The van der Waals surface area contributed by atoms with E-state index >= 15 is 0 Å². The van der Waals surface area contributed by atoms with Crippen LogP contribution >= 0.6 is 0 Å². The van der Waals surface area contributed by atoms with Crippen LogP contribution in [0.15, 0.2) is 30.3 Å². The molecular weight excluding hydrogens is 245 g/mol. The van der Waals surface area contributed by atoms with Crippen molar-refractivity contribution in [2.24, 2.45) is 0 Å². The number of rotatable bonds is 2. The molecule has 0 spiro atoms. The highest BCUT2D eigenvalue weighted by Crippen LogP contribution is 2.43. The number of halogens is 1. The van der Waals surface area contributed by atoms with Crippen LogP contribution in [0.1, 0.15) is 36.0 Å². The highest BCUT2D eigenvalue weighted by molar-refractivity contribution is 5.94. The van der Waals surface area contributed by atoms with Crippen molar-refractivity contribution in [1.29, 1.82) is 0 Å². The Bertz CT molecular complexity index is 462. The van der Waals surface area contributed by atoms with E-state index in [1.807, 2.05) is 23.1 Å². The summed E-state index contributed by atoms with van der Waals surface area (Å²) in [5.74, 6) is -0.00640. The zero-order valence-electron chi connectivity index (χ0n) is 10.8. The van der Waals surface area contributed by atoms with Crippen molar-refractivity contribution in [3.63, 3.8) is 0 Å². The topological polar surface area (TPSA) is 40.5 Å². The van der Waals surface area contributed by atoms with Gasteiger partial charge >= 0.3 is 0 Å². The van der Waals surface area contributed by atoms with Crippen LogP contribution in [0.4, 0.5) is 4.39 Å². The average Bonchev–Trinajstić information content (AvgIpc) is 2.72. The second-order valence-electron chi connectivity index (χ2n) is 5.68. The second-order valence-corrected chi connectivity index (χ2v) is 5.68. The maximum atomic E-state index is 14.3.